The van der Waals surface area contributed by atoms with E-state index in [0.29, 0.717) is 10.9 Å². The van der Waals surface area contributed by atoms with Crippen LogP contribution in [0.15, 0.2) is 24.5 Å². The number of para-hydroxylation sites is 1. The second-order valence-electron chi connectivity index (χ2n) is 5.60. The molecule has 0 unspecified atom stereocenters. The molecular formula is C15H18N2O2. The third-order valence-electron chi connectivity index (χ3n) is 4.12. The normalized spacial score (nSPS) is 16.7. The lowest BCUT2D eigenvalue weighted by Crippen LogP contribution is -2.10. The zero-order chi connectivity index (χ0) is 13.5. The molecule has 0 amide bonds. The van der Waals surface area contributed by atoms with Gasteiger partial charge in [0.2, 0.25) is 0 Å². The number of hydrogen-bond acceptors (Lipinski definition) is 2. The Morgan fingerprint density at radius 1 is 1.47 bits per heavy atom. The minimum absolute atomic E-state index is 0.289. The molecule has 1 aliphatic carbocycles. The van der Waals surface area contributed by atoms with Gasteiger partial charge in [-0.3, -0.25) is 0 Å². The number of carboxylic acids is 1. The Morgan fingerprint density at radius 2 is 2.26 bits per heavy atom. The van der Waals surface area contributed by atoms with E-state index in [-0.39, 0.29) is 5.56 Å². The lowest BCUT2D eigenvalue weighted by Gasteiger charge is -2.15. The quantitative estimate of drug-likeness (QED) is 0.895. The first-order chi connectivity index (χ1) is 9.15. The molecule has 1 saturated carbocycles. The summed E-state index contributed by atoms with van der Waals surface area (Å²) in [6.45, 7) is 3.18. The molecule has 0 spiro atoms. The number of carboxylic acid groups (broad SMARTS) is 1. The first-order valence-corrected chi connectivity index (χ1v) is 6.82. The van der Waals surface area contributed by atoms with Crippen LogP contribution in [0.5, 0.6) is 0 Å². The van der Waals surface area contributed by atoms with Gasteiger partial charge in [-0.05, 0) is 36.8 Å². The van der Waals surface area contributed by atoms with Gasteiger partial charge in [0, 0.05) is 6.54 Å². The number of nitrogens with zero attached hydrogens (tertiary/aromatic N) is 2. The summed E-state index contributed by atoms with van der Waals surface area (Å²) < 4.78 is 2.12. The summed E-state index contributed by atoms with van der Waals surface area (Å²) in [5, 5.41) is 9.17. The number of imidazole rings is 1. The van der Waals surface area contributed by atoms with Crippen molar-refractivity contribution in [3.05, 3.63) is 30.1 Å². The summed E-state index contributed by atoms with van der Waals surface area (Å²) in [5.41, 5.74) is 2.25. The van der Waals surface area contributed by atoms with Crippen LogP contribution in [0.2, 0.25) is 0 Å². The predicted molar refractivity (Wildman–Crippen MR) is 73.3 cm³/mol. The maximum absolute atomic E-state index is 11.2. The van der Waals surface area contributed by atoms with Crippen LogP contribution in [0.1, 0.15) is 43.0 Å². The maximum Gasteiger partial charge on any atom is 0.337 e. The Morgan fingerprint density at radius 3 is 2.89 bits per heavy atom. The molecule has 4 nitrogen and oxygen atoms in total. The Labute approximate surface area is 112 Å². The summed E-state index contributed by atoms with van der Waals surface area (Å²) in [5.74, 6) is -0.912. The minimum Gasteiger partial charge on any atom is -0.478 e. The van der Waals surface area contributed by atoms with Gasteiger partial charge in [-0.15, -0.1) is 0 Å². The molecule has 0 radical (unpaired) electrons. The van der Waals surface area contributed by atoms with Gasteiger partial charge in [0.15, 0.2) is 0 Å². The van der Waals surface area contributed by atoms with Crippen LogP contribution in [0.25, 0.3) is 11.0 Å². The smallest absolute Gasteiger partial charge is 0.337 e. The molecular weight excluding hydrogens is 240 g/mol. The second kappa shape index (κ2) is 4.37. The minimum atomic E-state index is -0.912. The molecule has 1 heterocycles. The standard InChI is InChI=1S/C15H18N2O2/c1-2-6-15(7-8-15)9-17-10-16-13-11(14(18)19)4-3-5-12(13)17/h3-5,10H,2,6-9H2,1H3,(H,18,19). The summed E-state index contributed by atoms with van der Waals surface area (Å²) in [7, 11) is 0. The third kappa shape index (κ3) is 2.11. The van der Waals surface area contributed by atoms with E-state index in [9.17, 15) is 9.90 Å². The zero-order valence-corrected chi connectivity index (χ0v) is 11.1. The van der Waals surface area contributed by atoms with Gasteiger partial charge in [-0.2, -0.15) is 0 Å². The average Bonchev–Trinajstić information content (AvgIpc) is 3.02. The number of aromatic nitrogens is 2. The van der Waals surface area contributed by atoms with E-state index >= 15 is 0 Å². The molecule has 0 aliphatic heterocycles. The molecule has 1 aromatic heterocycles. The van der Waals surface area contributed by atoms with Crippen molar-refractivity contribution in [3.63, 3.8) is 0 Å². The summed E-state index contributed by atoms with van der Waals surface area (Å²) >= 11 is 0. The van der Waals surface area contributed by atoms with Crippen LogP contribution >= 0.6 is 0 Å². The van der Waals surface area contributed by atoms with Crippen LogP contribution in [0.3, 0.4) is 0 Å². The molecule has 0 bridgehead atoms. The highest BCUT2D eigenvalue weighted by Gasteiger charge is 2.41. The van der Waals surface area contributed by atoms with Crippen molar-refractivity contribution < 1.29 is 9.90 Å². The Bertz CT molecular complexity index is 626. The fraction of sp³-hybridized carbons (Fsp3) is 0.467. The highest BCUT2D eigenvalue weighted by Crippen LogP contribution is 2.51. The number of carbonyl (C=O) groups is 1. The van der Waals surface area contributed by atoms with Crippen LogP contribution in [-0.2, 0) is 6.54 Å². The van der Waals surface area contributed by atoms with Crippen molar-refractivity contribution in [3.8, 4) is 0 Å². The van der Waals surface area contributed by atoms with Crippen molar-refractivity contribution in [2.24, 2.45) is 5.41 Å². The van der Waals surface area contributed by atoms with Gasteiger partial charge in [0.1, 0.15) is 5.52 Å². The SMILES string of the molecule is CCCC1(Cn2cnc3c(C(=O)O)cccc32)CC1. The van der Waals surface area contributed by atoms with Crippen molar-refractivity contribution in [2.75, 3.05) is 0 Å². The van der Waals surface area contributed by atoms with Gasteiger partial charge in [0.25, 0.3) is 0 Å². The summed E-state index contributed by atoms with van der Waals surface area (Å²) in [6.07, 6.45) is 6.78. The predicted octanol–water partition coefficient (Wildman–Crippen LogP) is 3.31. The largest absolute Gasteiger partial charge is 0.478 e. The van der Waals surface area contributed by atoms with E-state index in [4.69, 9.17) is 0 Å². The lowest BCUT2D eigenvalue weighted by atomic mass is 10.0. The molecule has 0 saturated heterocycles. The van der Waals surface area contributed by atoms with Crippen LogP contribution in [-0.4, -0.2) is 20.6 Å². The van der Waals surface area contributed by atoms with Gasteiger partial charge >= 0.3 is 5.97 Å². The Balaban J connectivity index is 1.97. The zero-order valence-electron chi connectivity index (χ0n) is 11.1. The highest BCUT2D eigenvalue weighted by molar-refractivity contribution is 6.00. The molecule has 2 aromatic rings. The summed E-state index contributed by atoms with van der Waals surface area (Å²) in [4.78, 5) is 15.5. The molecule has 100 valence electrons. The molecule has 1 aliphatic rings. The van der Waals surface area contributed by atoms with E-state index < -0.39 is 5.97 Å². The lowest BCUT2D eigenvalue weighted by molar-refractivity contribution is 0.0699. The van der Waals surface area contributed by atoms with Crippen molar-refractivity contribution in [1.82, 2.24) is 9.55 Å². The van der Waals surface area contributed by atoms with E-state index in [2.05, 4.69) is 16.5 Å². The monoisotopic (exact) mass is 258 g/mol. The number of aromatic carboxylic acids is 1. The van der Waals surface area contributed by atoms with Crippen LogP contribution < -0.4 is 0 Å². The fourth-order valence-electron chi connectivity index (χ4n) is 2.94. The highest BCUT2D eigenvalue weighted by atomic mass is 16.4. The third-order valence-corrected chi connectivity index (χ3v) is 4.12. The fourth-order valence-corrected chi connectivity index (χ4v) is 2.94. The number of benzene rings is 1. The van der Waals surface area contributed by atoms with Crippen LogP contribution in [0, 0.1) is 5.41 Å². The van der Waals surface area contributed by atoms with Gasteiger partial charge in [-0.25, -0.2) is 9.78 Å². The molecule has 3 rings (SSSR count). The van der Waals surface area contributed by atoms with Gasteiger partial charge in [0.05, 0.1) is 17.4 Å². The molecule has 0 atom stereocenters. The topological polar surface area (TPSA) is 55.1 Å². The first-order valence-electron chi connectivity index (χ1n) is 6.82. The average molecular weight is 258 g/mol. The van der Waals surface area contributed by atoms with Crippen LogP contribution in [0.4, 0.5) is 0 Å². The van der Waals surface area contributed by atoms with E-state index in [1.165, 1.54) is 25.7 Å². The maximum atomic E-state index is 11.2. The number of rotatable bonds is 5. The Kier molecular flexibility index (Phi) is 2.81. The van der Waals surface area contributed by atoms with E-state index in [0.717, 1.165) is 12.1 Å². The number of hydrogen-bond donors (Lipinski definition) is 1. The van der Waals surface area contributed by atoms with Crippen molar-refractivity contribution in [1.29, 1.82) is 0 Å². The molecule has 19 heavy (non-hydrogen) atoms. The molecule has 1 fully saturated rings. The van der Waals surface area contributed by atoms with Crippen molar-refractivity contribution in [2.45, 2.75) is 39.2 Å². The Hall–Kier alpha value is -1.84. The van der Waals surface area contributed by atoms with Gasteiger partial charge in [-0.1, -0.05) is 19.4 Å². The molecule has 1 N–H and O–H groups in total. The summed E-state index contributed by atoms with van der Waals surface area (Å²) in [6, 6.07) is 5.36. The molecule has 4 heteroatoms. The first kappa shape index (κ1) is 12.2. The van der Waals surface area contributed by atoms with Crippen molar-refractivity contribution >= 4 is 17.0 Å². The number of fused-ring (bicyclic) bond motifs is 1. The molecule has 1 aromatic carbocycles. The van der Waals surface area contributed by atoms with E-state index in [1.54, 1.807) is 18.5 Å². The van der Waals surface area contributed by atoms with Gasteiger partial charge < -0.3 is 9.67 Å². The van der Waals surface area contributed by atoms with E-state index in [1.807, 2.05) is 6.07 Å². The second-order valence-corrected chi connectivity index (χ2v) is 5.60.